The maximum Gasteiger partial charge on any atom is 0.339 e. The van der Waals surface area contributed by atoms with E-state index in [-0.39, 0.29) is 5.56 Å². The van der Waals surface area contributed by atoms with Crippen LogP contribution in [-0.4, -0.2) is 20.9 Å². The molecule has 0 unspecified atom stereocenters. The van der Waals surface area contributed by atoms with Crippen LogP contribution in [0.25, 0.3) is 5.69 Å². The lowest BCUT2D eigenvalue weighted by molar-refractivity contribution is 0.0696. The van der Waals surface area contributed by atoms with Crippen molar-refractivity contribution in [1.29, 1.82) is 0 Å². The van der Waals surface area contributed by atoms with Crippen molar-refractivity contribution in [2.45, 2.75) is 13.8 Å². The third kappa shape index (κ3) is 1.82. The smallest absolute Gasteiger partial charge is 0.339 e. The van der Waals surface area contributed by atoms with Crippen LogP contribution in [-0.2, 0) is 0 Å². The van der Waals surface area contributed by atoms with Crippen molar-refractivity contribution in [3.8, 4) is 5.69 Å². The quantitative estimate of drug-likeness (QED) is 0.837. The summed E-state index contributed by atoms with van der Waals surface area (Å²) >= 11 is 0. The van der Waals surface area contributed by atoms with Crippen LogP contribution in [0.2, 0.25) is 0 Å². The molecule has 0 saturated heterocycles. The van der Waals surface area contributed by atoms with Gasteiger partial charge in [0, 0.05) is 6.20 Å². The molecule has 1 heterocycles. The Bertz CT molecular complexity index is 526. The van der Waals surface area contributed by atoms with Gasteiger partial charge in [-0.05, 0) is 26.0 Å². The molecule has 82 valence electrons. The minimum atomic E-state index is -0.948. The number of carboxylic acid groups (broad SMARTS) is 1. The number of benzene rings is 1. The van der Waals surface area contributed by atoms with Crippen molar-refractivity contribution in [2.24, 2.45) is 0 Å². The highest BCUT2D eigenvalue weighted by molar-refractivity contribution is 5.88. The summed E-state index contributed by atoms with van der Waals surface area (Å²) < 4.78 is 1.58. The summed E-state index contributed by atoms with van der Waals surface area (Å²) in [7, 11) is 0. The molecule has 0 radical (unpaired) electrons. The zero-order valence-corrected chi connectivity index (χ0v) is 9.14. The zero-order chi connectivity index (χ0) is 11.7. The Morgan fingerprint density at radius 1 is 1.25 bits per heavy atom. The van der Waals surface area contributed by atoms with E-state index in [4.69, 9.17) is 5.11 Å². The molecule has 1 aromatic carbocycles. The molecular formula is C12H12N2O2. The van der Waals surface area contributed by atoms with Crippen LogP contribution in [0.15, 0.2) is 30.5 Å². The van der Waals surface area contributed by atoms with E-state index < -0.39 is 5.97 Å². The molecule has 0 aliphatic heterocycles. The molecule has 16 heavy (non-hydrogen) atoms. The van der Waals surface area contributed by atoms with Crippen LogP contribution in [0.5, 0.6) is 0 Å². The average Bonchev–Trinajstić information content (AvgIpc) is 2.61. The zero-order valence-electron chi connectivity index (χ0n) is 9.14. The largest absolute Gasteiger partial charge is 0.478 e. The summed E-state index contributed by atoms with van der Waals surface area (Å²) in [5, 5.41) is 13.1. The molecule has 4 nitrogen and oxygen atoms in total. The molecule has 0 aliphatic rings. The number of aromatic carboxylic acids is 1. The highest BCUT2D eigenvalue weighted by Gasteiger charge is 2.12. The van der Waals surface area contributed by atoms with E-state index in [2.05, 4.69) is 5.10 Å². The van der Waals surface area contributed by atoms with E-state index in [1.54, 1.807) is 11.6 Å². The standard InChI is InChI=1S/C12H12N2O2/c1-8-3-5-10(6-4-8)14-7-11(12(15)16)9(2)13-14/h3-7H,1-2H3,(H,15,16). The minimum absolute atomic E-state index is 0.237. The number of nitrogens with zero attached hydrogens (tertiary/aromatic N) is 2. The Labute approximate surface area is 93.1 Å². The van der Waals surface area contributed by atoms with Gasteiger partial charge in [-0.3, -0.25) is 0 Å². The maximum atomic E-state index is 10.9. The molecule has 2 rings (SSSR count). The van der Waals surface area contributed by atoms with Crippen LogP contribution in [0.3, 0.4) is 0 Å². The number of hydrogen-bond donors (Lipinski definition) is 1. The maximum absolute atomic E-state index is 10.9. The van der Waals surface area contributed by atoms with E-state index in [0.717, 1.165) is 11.3 Å². The first-order chi connectivity index (χ1) is 7.58. The number of hydrogen-bond acceptors (Lipinski definition) is 2. The first-order valence-electron chi connectivity index (χ1n) is 4.94. The van der Waals surface area contributed by atoms with E-state index >= 15 is 0 Å². The van der Waals surface area contributed by atoms with Crippen molar-refractivity contribution >= 4 is 5.97 Å². The predicted octanol–water partition coefficient (Wildman–Crippen LogP) is 2.19. The second-order valence-electron chi connectivity index (χ2n) is 3.71. The van der Waals surface area contributed by atoms with Crippen molar-refractivity contribution in [1.82, 2.24) is 9.78 Å². The lowest BCUT2D eigenvalue weighted by Gasteiger charge is -2.00. The van der Waals surface area contributed by atoms with Crippen LogP contribution >= 0.6 is 0 Å². The normalized spacial score (nSPS) is 10.4. The van der Waals surface area contributed by atoms with Gasteiger partial charge in [0.2, 0.25) is 0 Å². The van der Waals surface area contributed by atoms with E-state index in [1.165, 1.54) is 6.20 Å². The third-order valence-electron chi connectivity index (χ3n) is 2.43. The van der Waals surface area contributed by atoms with E-state index in [1.807, 2.05) is 31.2 Å². The van der Waals surface area contributed by atoms with Crippen LogP contribution in [0.4, 0.5) is 0 Å². The monoisotopic (exact) mass is 216 g/mol. The first kappa shape index (κ1) is 10.4. The van der Waals surface area contributed by atoms with Gasteiger partial charge in [0.25, 0.3) is 0 Å². The Morgan fingerprint density at radius 2 is 1.88 bits per heavy atom. The van der Waals surface area contributed by atoms with Gasteiger partial charge >= 0.3 is 5.97 Å². The summed E-state index contributed by atoms with van der Waals surface area (Å²) in [6, 6.07) is 7.75. The fourth-order valence-electron chi connectivity index (χ4n) is 1.50. The van der Waals surface area contributed by atoms with Crippen molar-refractivity contribution in [3.05, 3.63) is 47.3 Å². The summed E-state index contributed by atoms with van der Waals surface area (Å²) in [4.78, 5) is 10.9. The van der Waals surface area contributed by atoms with Crippen LogP contribution in [0.1, 0.15) is 21.6 Å². The fourth-order valence-corrected chi connectivity index (χ4v) is 1.50. The SMILES string of the molecule is Cc1ccc(-n2cc(C(=O)O)c(C)n2)cc1. The number of aryl methyl sites for hydroxylation is 2. The van der Waals surface area contributed by atoms with Gasteiger partial charge in [-0.25, -0.2) is 9.48 Å². The second kappa shape index (κ2) is 3.81. The summed E-state index contributed by atoms with van der Waals surface area (Å²) in [5.74, 6) is -0.948. The highest BCUT2D eigenvalue weighted by Crippen LogP contribution is 2.12. The molecule has 0 bridgehead atoms. The topological polar surface area (TPSA) is 55.1 Å². The van der Waals surface area contributed by atoms with Gasteiger partial charge in [0.1, 0.15) is 5.56 Å². The Hall–Kier alpha value is -2.10. The lowest BCUT2D eigenvalue weighted by atomic mass is 10.2. The summed E-state index contributed by atoms with van der Waals surface area (Å²) in [5.41, 5.74) is 2.78. The molecule has 1 N–H and O–H groups in total. The van der Waals surface area contributed by atoms with Crippen molar-refractivity contribution in [3.63, 3.8) is 0 Å². The first-order valence-corrected chi connectivity index (χ1v) is 4.94. The highest BCUT2D eigenvalue weighted by atomic mass is 16.4. The number of rotatable bonds is 2. The molecule has 4 heteroatoms. The van der Waals surface area contributed by atoms with Gasteiger partial charge in [-0.1, -0.05) is 17.7 Å². The summed E-state index contributed by atoms with van der Waals surface area (Å²) in [6.07, 6.45) is 1.53. The molecule has 0 saturated carbocycles. The third-order valence-corrected chi connectivity index (χ3v) is 2.43. The van der Waals surface area contributed by atoms with Gasteiger partial charge in [0.05, 0.1) is 11.4 Å². The molecular weight excluding hydrogens is 204 g/mol. The van der Waals surface area contributed by atoms with E-state index in [9.17, 15) is 4.79 Å². The Kier molecular flexibility index (Phi) is 2.48. The molecule has 1 aromatic heterocycles. The second-order valence-corrected chi connectivity index (χ2v) is 3.71. The minimum Gasteiger partial charge on any atom is -0.478 e. The van der Waals surface area contributed by atoms with Crippen molar-refractivity contribution in [2.75, 3.05) is 0 Å². The van der Waals surface area contributed by atoms with Gasteiger partial charge < -0.3 is 5.11 Å². The average molecular weight is 216 g/mol. The Balaban J connectivity index is 2.45. The van der Waals surface area contributed by atoms with Gasteiger partial charge in [-0.2, -0.15) is 5.10 Å². The molecule has 0 amide bonds. The predicted molar refractivity (Wildman–Crippen MR) is 60.0 cm³/mol. The van der Waals surface area contributed by atoms with Gasteiger partial charge in [0.15, 0.2) is 0 Å². The van der Waals surface area contributed by atoms with E-state index in [0.29, 0.717) is 5.69 Å². The fraction of sp³-hybridized carbons (Fsp3) is 0.167. The van der Waals surface area contributed by atoms with Crippen molar-refractivity contribution < 1.29 is 9.90 Å². The molecule has 0 atom stereocenters. The molecule has 0 spiro atoms. The molecule has 0 fully saturated rings. The van der Waals surface area contributed by atoms with Crippen LogP contribution in [0, 0.1) is 13.8 Å². The van der Waals surface area contributed by atoms with Crippen LogP contribution < -0.4 is 0 Å². The lowest BCUT2D eigenvalue weighted by Crippen LogP contribution is -1.96. The number of carbonyl (C=O) groups is 1. The molecule has 2 aromatic rings. The Morgan fingerprint density at radius 3 is 2.38 bits per heavy atom. The summed E-state index contributed by atoms with van der Waals surface area (Å²) in [6.45, 7) is 3.69. The van der Waals surface area contributed by atoms with Gasteiger partial charge in [-0.15, -0.1) is 0 Å². The number of carboxylic acids is 1. The number of aromatic nitrogens is 2. The molecule has 0 aliphatic carbocycles.